The lowest BCUT2D eigenvalue weighted by Gasteiger charge is -2.11. The summed E-state index contributed by atoms with van der Waals surface area (Å²) >= 11 is 3.69. The molecule has 7 heteroatoms. The molecule has 0 fully saturated rings. The van der Waals surface area contributed by atoms with Crippen molar-refractivity contribution in [1.82, 2.24) is 15.6 Å². The van der Waals surface area contributed by atoms with Gasteiger partial charge in [0.05, 0.1) is 5.01 Å². The summed E-state index contributed by atoms with van der Waals surface area (Å²) in [6, 6.07) is 8.75. The minimum Gasteiger partial charge on any atom is -0.356 e. The van der Waals surface area contributed by atoms with Crippen molar-refractivity contribution in [3.05, 3.63) is 51.5 Å². The lowest BCUT2D eigenvalue weighted by molar-refractivity contribution is 0.808. The molecule has 0 saturated carbocycles. The molecule has 4 nitrogen and oxygen atoms in total. The third-order valence-corrected chi connectivity index (χ3v) is 5.46. The van der Waals surface area contributed by atoms with Gasteiger partial charge in [-0.15, -0.1) is 35.3 Å². The molecule has 1 aromatic heterocycles. The van der Waals surface area contributed by atoms with Crippen molar-refractivity contribution in [3.63, 3.8) is 0 Å². The Morgan fingerprint density at radius 1 is 1.16 bits per heavy atom. The molecule has 2 N–H and O–H groups in total. The van der Waals surface area contributed by atoms with Crippen molar-refractivity contribution in [2.45, 2.75) is 26.0 Å². The molecular weight excluding hydrogens is 463 g/mol. The van der Waals surface area contributed by atoms with Crippen LogP contribution in [0.3, 0.4) is 0 Å². The van der Waals surface area contributed by atoms with Gasteiger partial charge in [-0.2, -0.15) is 11.8 Å². The lowest BCUT2D eigenvalue weighted by Crippen LogP contribution is -2.39. The first-order valence-corrected chi connectivity index (χ1v) is 10.1. The second kappa shape index (κ2) is 12.5. The van der Waals surface area contributed by atoms with Crippen LogP contribution in [-0.4, -0.2) is 36.8 Å². The Morgan fingerprint density at radius 3 is 2.52 bits per heavy atom. The van der Waals surface area contributed by atoms with Gasteiger partial charge in [0.25, 0.3) is 0 Å². The molecule has 0 spiro atoms. The number of aryl methyl sites for hydroxylation is 2. The van der Waals surface area contributed by atoms with E-state index in [1.807, 2.05) is 25.0 Å². The fourth-order valence-corrected chi connectivity index (χ4v) is 3.75. The Morgan fingerprint density at radius 2 is 1.88 bits per heavy atom. The van der Waals surface area contributed by atoms with Crippen LogP contribution in [0.1, 0.15) is 21.0 Å². The molecule has 0 amide bonds. The minimum absolute atomic E-state index is 0. The number of rotatable bonds is 8. The van der Waals surface area contributed by atoms with Gasteiger partial charge >= 0.3 is 0 Å². The third-order valence-electron chi connectivity index (χ3n) is 3.45. The quantitative estimate of drug-likeness (QED) is 0.254. The molecule has 1 aromatic carbocycles. The number of aromatic nitrogens is 1. The molecule has 0 radical (unpaired) electrons. The number of thiazole rings is 1. The van der Waals surface area contributed by atoms with E-state index in [-0.39, 0.29) is 24.0 Å². The summed E-state index contributed by atoms with van der Waals surface area (Å²) in [6.07, 6.45) is 2.86. The maximum Gasteiger partial charge on any atom is 0.191 e. The molecule has 138 valence electrons. The molecular formula is C18H27IN4S2. The van der Waals surface area contributed by atoms with Crippen molar-refractivity contribution < 1.29 is 0 Å². The molecule has 0 bridgehead atoms. The van der Waals surface area contributed by atoms with Gasteiger partial charge in [0.2, 0.25) is 0 Å². The molecule has 2 rings (SSSR count). The number of benzene rings is 1. The summed E-state index contributed by atoms with van der Waals surface area (Å²) in [4.78, 5) is 9.89. The van der Waals surface area contributed by atoms with E-state index in [2.05, 4.69) is 58.7 Å². The zero-order chi connectivity index (χ0) is 17.2. The topological polar surface area (TPSA) is 49.3 Å². The average Bonchev–Trinajstić information content (AvgIpc) is 3.00. The Bertz CT molecular complexity index is 641. The monoisotopic (exact) mass is 490 g/mol. The summed E-state index contributed by atoms with van der Waals surface area (Å²) < 4.78 is 0. The van der Waals surface area contributed by atoms with Crippen LogP contribution in [0.5, 0.6) is 0 Å². The van der Waals surface area contributed by atoms with Crippen LogP contribution in [0.2, 0.25) is 0 Å². The van der Waals surface area contributed by atoms with Gasteiger partial charge < -0.3 is 10.6 Å². The number of hydrogen-bond acceptors (Lipinski definition) is 4. The summed E-state index contributed by atoms with van der Waals surface area (Å²) in [6.45, 7) is 5.97. The van der Waals surface area contributed by atoms with E-state index >= 15 is 0 Å². The van der Waals surface area contributed by atoms with Crippen LogP contribution in [0, 0.1) is 13.8 Å². The zero-order valence-corrected chi connectivity index (χ0v) is 19.0. The number of nitrogens with zero attached hydrogens (tertiary/aromatic N) is 2. The predicted octanol–water partition coefficient (Wildman–Crippen LogP) is 4.02. The van der Waals surface area contributed by atoms with Gasteiger partial charge in [0.15, 0.2) is 5.96 Å². The standard InChI is InChI=1S/C18H26N4S2.HI/c1-14-4-6-16(7-5-14)13-23-11-10-21-18(19-3)20-9-8-17-22-12-15(2)24-17;/h4-7,12H,8-11,13H2,1-3H3,(H2,19,20,21);1H. The number of guanidine groups is 1. The Kier molecular flexibility index (Phi) is 11.2. The molecule has 25 heavy (non-hydrogen) atoms. The van der Waals surface area contributed by atoms with Gasteiger partial charge in [0.1, 0.15) is 0 Å². The second-order valence-electron chi connectivity index (χ2n) is 5.58. The summed E-state index contributed by atoms with van der Waals surface area (Å²) in [7, 11) is 1.81. The van der Waals surface area contributed by atoms with E-state index in [1.165, 1.54) is 21.0 Å². The first-order valence-electron chi connectivity index (χ1n) is 8.16. The SMILES string of the molecule is CN=C(NCCSCc1ccc(C)cc1)NCCc1ncc(C)s1.I. The van der Waals surface area contributed by atoms with Crippen LogP contribution in [0.25, 0.3) is 0 Å². The highest BCUT2D eigenvalue weighted by atomic mass is 127. The van der Waals surface area contributed by atoms with Crippen molar-refractivity contribution in [1.29, 1.82) is 0 Å². The van der Waals surface area contributed by atoms with Gasteiger partial charge in [-0.25, -0.2) is 4.98 Å². The first-order chi connectivity index (χ1) is 11.7. The van der Waals surface area contributed by atoms with Gasteiger partial charge in [0, 0.05) is 49.1 Å². The molecule has 0 aliphatic rings. The number of hydrogen-bond donors (Lipinski definition) is 2. The smallest absolute Gasteiger partial charge is 0.191 e. The summed E-state index contributed by atoms with van der Waals surface area (Å²) in [5.74, 6) is 2.97. The summed E-state index contributed by atoms with van der Waals surface area (Å²) in [5, 5.41) is 7.87. The molecule has 0 unspecified atom stereocenters. The van der Waals surface area contributed by atoms with Crippen LogP contribution in [-0.2, 0) is 12.2 Å². The van der Waals surface area contributed by atoms with E-state index < -0.39 is 0 Å². The highest BCUT2D eigenvalue weighted by Gasteiger charge is 2.01. The van der Waals surface area contributed by atoms with Crippen LogP contribution in [0.15, 0.2) is 35.5 Å². The highest BCUT2D eigenvalue weighted by Crippen LogP contribution is 2.12. The maximum absolute atomic E-state index is 4.37. The van der Waals surface area contributed by atoms with Crippen molar-refractivity contribution in [2.24, 2.45) is 4.99 Å². The molecule has 2 aromatic rings. The lowest BCUT2D eigenvalue weighted by atomic mass is 10.2. The van der Waals surface area contributed by atoms with E-state index in [1.54, 1.807) is 11.3 Å². The number of nitrogens with one attached hydrogen (secondary N) is 2. The number of halogens is 1. The molecule has 1 heterocycles. The molecule has 0 aliphatic heterocycles. The van der Waals surface area contributed by atoms with Crippen molar-refractivity contribution >= 4 is 53.0 Å². The Hall–Kier alpha value is -0.800. The van der Waals surface area contributed by atoms with Crippen molar-refractivity contribution in [3.8, 4) is 0 Å². The fraction of sp³-hybridized carbons (Fsp3) is 0.444. The maximum atomic E-state index is 4.37. The second-order valence-corrected chi connectivity index (χ2v) is 8.00. The van der Waals surface area contributed by atoms with Gasteiger partial charge in [-0.05, 0) is 19.4 Å². The number of thioether (sulfide) groups is 1. The normalized spacial score (nSPS) is 11.1. The Balaban J connectivity index is 0.00000312. The van der Waals surface area contributed by atoms with Crippen molar-refractivity contribution in [2.75, 3.05) is 25.9 Å². The fourth-order valence-electron chi connectivity index (χ4n) is 2.14. The summed E-state index contributed by atoms with van der Waals surface area (Å²) in [5.41, 5.74) is 2.69. The molecule has 0 saturated heterocycles. The highest BCUT2D eigenvalue weighted by molar-refractivity contribution is 14.0. The van der Waals surface area contributed by atoms with E-state index in [4.69, 9.17) is 0 Å². The third kappa shape index (κ3) is 8.91. The average molecular weight is 490 g/mol. The van der Waals surface area contributed by atoms with E-state index in [0.29, 0.717) is 0 Å². The predicted molar refractivity (Wildman–Crippen MR) is 123 cm³/mol. The molecule has 0 atom stereocenters. The first kappa shape index (κ1) is 22.2. The minimum atomic E-state index is 0. The van der Waals surface area contributed by atoms with Gasteiger partial charge in [-0.3, -0.25) is 4.99 Å². The number of aliphatic imine (C=N–C) groups is 1. The largest absolute Gasteiger partial charge is 0.356 e. The van der Waals surface area contributed by atoms with Crippen LogP contribution >= 0.6 is 47.1 Å². The van der Waals surface area contributed by atoms with Crippen LogP contribution < -0.4 is 10.6 Å². The van der Waals surface area contributed by atoms with Gasteiger partial charge in [-0.1, -0.05) is 29.8 Å². The van der Waals surface area contributed by atoms with Crippen LogP contribution in [0.4, 0.5) is 0 Å². The van der Waals surface area contributed by atoms with E-state index in [9.17, 15) is 0 Å². The van der Waals surface area contributed by atoms with E-state index in [0.717, 1.165) is 37.0 Å². The molecule has 0 aliphatic carbocycles. The zero-order valence-electron chi connectivity index (χ0n) is 15.0. The Labute approximate surface area is 176 Å².